The highest BCUT2D eigenvalue weighted by Crippen LogP contribution is 2.31. The van der Waals surface area contributed by atoms with Gasteiger partial charge in [-0.2, -0.15) is 0 Å². The molecule has 0 unspecified atom stereocenters. The molecule has 0 atom stereocenters. The van der Waals surface area contributed by atoms with Crippen molar-refractivity contribution in [2.45, 2.75) is 26.9 Å². The number of carbonyl (C=O) groups is 3. The van der Waals surface area contributed by atoms with Crippen LogP contribution >= 0.6 is 0 Å². The Morgan fingerprint density at radius 2 is 1.67 bits per heavy atom. The molecule has 1 aliphatic rings. The number of aryl methyl sites for hydroxylation is 1. The van der Waals surface area contributed by atoms with Crippen LogP contribution in [0.2, 0.25) is 0 Å². The molecular formula is C28H25FN2O5. The summed E-state index contributed by atoms with van der Waals surface area (Å²) in [7, 11) is 0. The van der Waals surface area contributed by atoms with Crippen LogP contribution in [0.1, 0.15) is 30.5 Å². The smallest absolute Gasteiger partial charge is 0.335 e. The van der Waals surface area contributed by atoms with Crippen molar-refractivity contribution in [3.8, 4) is 11.5 Å². The van der Waals surface area contributed by atoms with Crippen LogP contribution in [-0.4, -0.2) is 24.5 Å². The SMILES string of the molecule is CCOc1cc(/C=C2/C(=O)NC(=O)N(c3ccc(CC)cc3)C2=O)ccc1OCc1ccccc1F. The predicted molar refractivity (Wildman–Crippen MR) is 133 cm³/mol. The topological polar surface area (TPSA) is 84.9 Å². The second-order valence-electron chi connectivity index (χ2n) is 8.00. The lowest BCUT2D eigenvalue weighted by Crippen LogP contribution is -2.54. The lowest BCUT2D eigenvalue weighted by molar-refractivity contribution is -0.122. The van der Waals surface area contributed by atoms with Crippen molar-refractivity contribution in [1.82, 2.24) is 5.32 Å². The Morgan fingerprint density at radius 3 is 2.36 bits per heavy atom. The summed E-state index contributed by atoms with van der Waals surface area (Å²) in [6, 6.07) is 17.4. The van der Waals surface area contributed by atoms with Crippen LogP contribution in [0.15, 0.2) is 72.3 Å². The van der Waals surface area contributed by atoms with Crippen molar-refractivity contribution in [2.75, 3.05) is 11.5 Å². The number of urea groups is 1. The minimum absolute atomic E-state index is 0.00195. The fourth-order valence-electron chi connectivity index (χ4n) is 3.71. The van der Waals surface area contributed by atoms with Gasteiger partial charge in [0.25, 0.3) is 11.8 Å². The highest BCUT2D eigenvalue weighted by Gasteiger charge is 2.36. The molecule has 1 aliphatic heterocycles. The third-order valence-corrected chi connectivity index (χ3v) is 5.62. The van der Waals surface area contributed by atoms with E-state index < -0.39 is 17.8 Å². The first-order valence-corrected chi connectivity index (χ1v) is 11.5. The molecule has 8 heteroatoms. The van der Waals surface area contributed by atoms with Crippen molar-refractivity contribution >= 4 is 29.6 Å². The summed E-state index contributed by atoms with van der Waals surface area (Å²) in [5, 5.41) is 2.22. The van der Waals surface area contributed by atoms with Gasteiger partial charge in [0.1, 0.15) is 18.0 Å². The molecule has 0 radical (unpaired) electrons. The van der Waals surface area contributed by atoms with Crippen LogP contribution in [0, 0.1) is 5.82 Å². The van der Waals surface area contributed by atoms with Crippen molar-refractivity contribution in [2.24, 2.45) is 0 Å². The van der Waals surface area contributed by atoms with Crippen molar-refractivity contribution in [1.29, 1.82) is 0 Å². The first-order chi connectivity index (χ1) is 17.4. The maximum Gasteiger partial charge on any atom is 0.335 e. The Morgan fingerprint density at radius 1 is 0.917 bits per heavy atom. The Hall–Kier alpha value is -4.46. The summed E-state index contributed by atoms with van der Waals surface area (Å²) >= 11 is 0. The van der Waals surface area contributed by atoms with Crippen molar-refractivity contribution in [3.05, 3.63) is 94.8 Å². The molecule has 4 amide bonds. The molecule has 7 nitrogen and oxygen atoms in total. The number of carbonyl (C=O) groups excluding carboxylic acids is 3. The molecule has 1 saturated heterocycles. The quantitative estimate of drug-likeness (QED) is 0.355. The lowest BCUT2D eigenvalue weighted by atomic mass is 10.1. The van der Waals surface area contributed by atoms with Crippen LogP contribution in [0.25, 0.3) is 6.08 Å². The number of nitrogens with one attached hydrogen (secondary N) is 1. The zero-order chi connectivity index (χ0) is 25.7. The van der Waals surface area contributed by atoms with E-state index in [1.807, 2.05) is 19.1 Å². The van der Waals surface area contributed by atoms with Crippen LogP contribution in [0.3, 0.4) is 0 Å². The number of rotatable bonds is 8. The maximum absolute atomic E-state index is 13.9. The summed E-state index contributed by atoms with van der Waals surface area (Å²) < 4.78 is 25.4. The highest BCUT2D eigenvalue weighted by atomic mass is 19.1. The number of anilines is 1. The molecule has 184 valence electrons. The molecule has 1 fully saturated rings. The lowest BCUT2D eigenvalue weighted by Gasteiger charge is -2.26. The van der Waals surface area contributed by atoms with Gasteiger partial charge in [-0.25, -0.2) is 14.1 Å². The zero-order valence-electron chi connectivity index (χ0n) is 19.9. The minimum atomic E-state index is -0.807. The molecule has 4 rings (SSSR count). The Labute approximate surface area is 208 Å². The van der Waals surface area contributed by atoms with Crippen LogP contribution in [-0.2, 0) is 22.6 Å². The number of amides is 4. The van der Waals surface area contributed by atoms with Gasteiger partial charge in [0, 0.05) is 5.56 Å². The third-order valence-electron chi connectivity index (χ3n) is 5.62. The summed E-state index contributed by atoms with van der Waals surface area (Å²) in [6.45, 7) is 4.14. The van der Waals surface area contributed by atoms with E-state index in [0.29, 0.717) is 34.9 Å². The largest absolute Gasteiger partial charge is 0.490 e. The van der Waals surface area contributed by atoms with Gasteiger partial charge in [0.2, 0.25) is 0 Å². The standard InChI is InChI=1S/C28H25FN2O5/c1-3-18-9-12-21(13-10-18)31-27(33)22(26(32)30-28(31)34)15-19-11-14-24(25(16-19)35-4-2)36-17-20-7-5-6-8-23(20)29/h5-16H,3-4,17H2,1-2H3,(H,30,32,34)/b22-15-. The average molecular weight is 489 g/mol. The average Bonchev–Trinajstić information content (AvgIpc) is 2.87. The monoisotopic (exact) mass is 488 g/mol. The van der Waals surface area contributed by atoms with Crippen LogP contribution in [0.5, 0.6) is 11.5 Å². The van der Waals surface area contributed by atoms with Crippen LogP contribution in [0.4, 0.5) is 14.9 Å². The summed E-state index contributed by atoms with van der Waals surface area (Å²) in [5.74, 6) is -1.14. The number of barbiturate groups is 1. The van der Waals surface area contributed by atoms with Gasteiger partial charge >= 0.3 is 6.03 Å². The molecule has 3 aromatic carbocycles. The summed E-state index contributed by atoms with van der Waals surface area (Å²) in [6.07, 6.45) is 2.20. The second-order valence-corrected chi connectivity index (χ2v) is 8.00. The summed E-state index contributed by atoms with van der Waals surface area (Å²) in [5.41, 5.74) is 2.10. The van der Waals surface area contributed by atoms with E-state index in [1.165, 1.54) is 12.1 Å². The van der Waals surface area contributed by atoms with Gasteiger partial charge in [-0.15, -0.1) is 0 Å². The van der Waals surface area contributed by atoms with Crippen molar-refractivity contribution < 1.29 is 28.2 Å². The van der Waals surface area contributed by atoms with E-state index in [0.717, 1.165) is 16.9 Å². The Kier molecular flexibility index (Phi) is 7.44. The maximum atomic E-state index is 13.9. The number of halogens is 1. The van der Waals surface area contributed by atoms with E-state index in [2.05, 4.69) is 5.32 Å². The molecule has 1 N–H and O–H groups in total. The fraction of sp³-hybridized carbons (Fsp3) is 0.179. The number of hydrogen-bond donors (Lipinski definition) is 1. The summed E-state index contributed by atoms with van der Waals surface area (Å²) in [4.78, 5) is 39.1. The van der Waals surface area contributed by atoms with Gasteiger partial charge < -0.3 is 9.47 Å². The van der Waals surface area contributed by atoms with Gasteiger partial charge in [0.05, 0.1) is 12.3 Å². The number of nitrogens with zero attached hydrogens (tertiary/aromatic N) is 1. The second kappa shape index (κ2) is 10.9. The Bertz CT molecular complexity index is 1330. The van der Waals surface area contributed by atoms with E-state index >= 15 is 0 Å². The number of imide groups is 2. The first-order valence-electron chi connectivity index (χ1n) is 11.5. The molecule has 0 spiro atoms. The van der Waals surface area contributed by atoms with Gasteiger partial charge in [0.15, 0.2) is 11.5 Å². The van der Waals surface area contributed by atoms with E-state index in [4.69, 9.17) is 9.47 Å². The Balaban J connectivity index is 1.61. The third kappa shape index (κ3) is 5.27. The van der Waals surface area contributed by atoms with Gasteiger partial charge in [-0.3, -0.25) is 14.9 Å². The molecule has 1 heterocycles. The molecule has 0 saturated carbocycles. The first kappa shape index (κ1) is 24.7. The molecule has 3 aromatic rings. The zero-order valence-corrected chi connectivity index (χ0v) is 19.9. The molecule has 0 bridgehead atoms. The van der Waals surface area contributed by atoms with Crippen molar-refractivity contribution in [3.63, 3.8) is 0 Å². The molecule has 36 heavy (non-hydrogen) atoms. The van der Waals surface area contributed by atoms with E-state index in [1.54, 1.807) is 55.5 Å². The minimum Gasteiger partial charge on any atom is -0.490 e. The van der Waals surface area contributed by atoms with Gasteiger partial charge in [-0.05, 0) is 60.9 Å². The number of benzene rings is 3. The van der Waals surface area contributed by atoms with Gasteiger partial charge in [-0.1, -0.05) is 43.3 Å². The predicted octanol–water partition coefficient (Wildman–Crippen LogP) is 5.03. The molecule has 0 aromatic heterocycles. The molecule has 0 aliphatic carbocycles. The number of ether oxygens (including phenoxy) is 2. The fourth-order valence-corrected chi connectivity index (χ4v) is 3.71. The van der Waals surface area contributed by atoms with E-state index in [9.17, 15) is 18.8 Å². The number of hydrogen-bond acceptors (Lipinski definition) is 5. The molecular weight excluding hydrogens is 463 g/mol. The van der Waals surface area contributed by atoms with Crippen LogP contribution < -0.4 is 19.7 Å². The normalized spacial score (nSPS) is 14.7. The van der Waals surface area contributed by atoms with E-state index in [-0.39, 0.29) is 18.0 Å². The highest BCUT2D eigenvalue weighted by molar-refractivity contribution is 6.39.